The van der Waals surface area contributed by atoms with Crippen molar-refractivity contribution >= 4 is 23.4 Å². The van der Waals surface area contributed by atoms with Gasteiger partial charge >= 0.3 is 5.97 Å². The smallest absolute Gasteiger partial charge is 0.330 e. The van der Waals surface area contributed by atoms with E-state index < -0.39 is 10.9 Å². The number of piperazine rings is 1. The Hall–Kier alpha value is -3.20. The molecule has 0 amide bonds. The lowest BCUT2D eigenvalue weighted by Crippen LogP contribution is -2.46. The maximum Gasteiger partial charge on any atom is 0.330 e. The van der Waals surface area contributed by atoms with Gasteiger partial charge in [-0.2, -0.15) is 0 Å². The van der Waals surface area contributed by atoms with E-state index in [2.05, 4.69) is 14.8 Å². The molecule has 0 atom stereocenters. The summed E-state index contributed by atoms with van der Waals surface area (Å²) in [7, 11) is 1.28. The van der Waals surface area contributed by atoms with Crippen LogP contribution in [0.1, 0.15) is 17.0 Å². The minimum Gasteiger partial charge on any atom is -0.466 e. The van der Waals surface area contributed by atoms with Crippen molar-refractivity contribution in [1.29, 1.82) is 0 Å². The van der Waals surface area contributed by atoms with Crippen molar-refractivity contribution < 1.29 is 19.0 Å². The van der Waals surface area contributed by atoms with Crippen molar-refractivity contribution in [1.82, 2.24) is 10.1 Å². The van der Waals surface area contributed by atoms with Crippen LogP contribution in [0.5, 0.6) is 0 Å². The molecule has 148 valence electrons. The van der Waals surface area contributed by atoms with Crippen molar-refractivity contribution in [2.24, 2.45) is 0 Å². The monoisotopic (exact) mass is 386 g/mol. The molecule has 1 saturated heterocycles. The normalized spacial score (nSPS) is 15.1. The SMILES string of the molecule is COC(=O)/C=C/c1ccc(N2CCN(Cc3cc(C)no3)CC2)c([N+](=O)[O-])c1. The predicted octanol–water partition coefficient (Wildman–Crippen LogP) is 2.40. The molecule has 0 bridgehead atoms. The number of aryl methyl sites for hydroxylation is 1. The molecule has 1 aliphatic rings. The zero-order valence-corrected chi connectivity index (χ0v) is 15.8. The van der Waals surface area contributed by atoms with E-state index in [0.29, 0.717) is 30.9 Å². The van der Waals surface area contributed by atoms with E-state index in [1.165, 1.54) is 25.3 Å². The van der Waals surface area contributed by atoms with Crippen LogP contribution in [-0.4, -0.2) is 54.2 Å². The summed E-state index contributed by atoms with van der Waals surface area (Å²) in [4.78, 5) is 26.6. The zero-order valence-electron chi connectivity index (χ0n) is 15.8. The van der Waals surface area contributed by atoms with Gasteiger partial charge in [0.15, 0.2) is 5.76 Å². The fourth-order valence-electron chi connectivity index (χ4n) is 3.15. The van der Waals surface area contributed by atoms with Crippen LogP contribution in [0.4, 0.5) is 11.4 Å². The van der Waals surface area contributed by atoms with Gasteiger partial charge in [0.05, 0.1) is 24.3 Å². The molecule has 3 rings (SSSR count). The largest absolute Gasteiger partial charge is 0.466 e. The molecular formula is C19H22N4O5. The van der Waals surface area contributed by atoms with E-state index in [9.17, 15) is 14.9 Å². The number of ether oxygens (including phenoxy) is 1. The van der Waals surface area contributed by atoms with Crippen molar-refractivity contribution in [3.63, 3.8) is 0 Å². The molecular weight excluding hydrogens is 364 g/mol. The first-order chi connectivity index (χ1) is 13.5. The maximum atomic E-state index is 11.6. The second-order valence-electron chi connectivity index (χ2n) is 6.56. The van der Waals surface area contributed by atoms with Crippen LogP contribution in [0.25, 0.3) is 6.08 Å². The Morgan fingerprint density at radius 3 is 2.68 bits per heavy atom. The number of anilines is 1. The number of carbonyl (C=O) groups is 1. The van der Waals surface area contributed by atoms with E-state index in [1.54, 1.807) is 12.1 Å². The van der Waals surface area contributed by atoms with Gasteiger partial charge in [0.25, 0.3) is 5.69 Å². The molecule has 0 aliphatic carbocycles. The third-order valence-electron chi connectivity index (χ3n) is 4.58. The highest BCUT2D eigenvalue weighted by molar-refractivity contribution is 5.87. The summed E-state index contributed by atoms with van der Waals surface area (Å²) in [6.07, 6.45) is 2.74. The van der Waals surface area contributed by atoms with Gasteiger partial charge in [0.2, 0.25) is 0 Å². The van der Waals surface area contributed by atoms with Gasteiger partial charge in [-0.3, -0.25) is 15.0 Å². The topological polar surface area (TPSA) is 102 Å². The van der Waals surface area contributed by atoms with Gasteiger partial charge in [0, 0.05) is 44.4 Å². The standard InChI is InChI=1S/C19H22N4O5/c1-14-11-16(28-20-14)13-21-7-9-22(10-8-21)17-5-3-15(4-6-19(24)27-2)12-18(17)23(25)26/h3-6,11-12H,7-10,13H2,1-2H3/b6-4+. The molecule has 0 N–H and O–H groups in total. The molecule has 1 aromatic heterocycles. The molecule has 28 heavy (non-hydrogen) atoms. The highest BCUT2D eigenvalue weighted by atomic mass is 16.6. The molecule has 0 saturated carbocycles. The van der Waals surface area contributed by atoms with Crippen LogP contribution in [-0.2, 0) is 16.1 Å². The van der Waals surface area contributed by atoms with Gasteiger partial charge in [-0.25, -0.2) is 4.79 Å². The minimum atomic E-state index is -0.509. The van der Waals surface area contributed by atoms with E-state index in [4.69, 9.17) is 4.52 Å². The van der Waals surface area contributed by atoms with Crippen molar-refractivity contribution in [2.45, 2.75) is 13.5 Å². The van der Waals surface area contributed by atoms with E-state index in [1.807, 2.05) is 17.9 Å². The Balaban J connectivity index is 1.68. The summed E-state index contributed by atoms with van der Waals surface area (Å²) in [6.45, 7) is 5.43. The zero-order chi connectivity index (χ0) is 20.1. The lowest BCUT2D eigenvalue weighted by atomic mass is 10.1. The Morgan fingerprint density at radius 2 is 2.07 bits per heavy atom. The molecule has 2 heterocycles. The van der Waals surface area contributed by atoms with Gasteiger partial charge in [-0.1, -0.05) is 11.2 Å². The maximum absolute atomic E-state index is 11.6. The lowest BCUT2D eigenvalue weighted by Gasteiger charge is -2.35. The second kappa shape index (κ2) is 8.66. The van der Waals surface area contributed by atoms with Crippen LogP contribution in [0.2, 0.25) is 0 Å². The quantitative estimate of drug-likeness (QED) is 0.323. The average molecular weight is 386 g/mol. The Morgan fingerprint density at radius 1 is 1.32 bits per heavy atom. The lowest BCUT2D eigenvalue weighted by molar-refractivity contribution is -0.384. The molecule has 0 radical (unpaired) electrons. The number of esters is 1. The number of aromatic nitrogens is 1. The number of benzene rings is 1. The average Bonchev–Trinajstić information content (AvgIpc) is 3.11. The third-order valence-corrected chi connectivity index (χ3v) is 4.58. The number of nitro groups is 1. The number of nitro benzene ring substituents is 1. The van der Waals surface area contributed by atoms with Gasteiger partial charge in [-0.15, -0.1) is 0 Å². The molecule has 1 fully saturated rings. The summed E-state index contributed by atoms with van der Waals surface area (Å²) in [6, 6.07) is 6.87. The van der Waals surface area contributed by atoms with Crippen molar-refractivity contribution in [2.75, 3.05) is 38.2 Å². The molecule has 9 heteroatoms. The molecule has 9 nitrogen and oxygen atoms in total. The van der Waals surface area contributed by atoms with Crippen molar-refractivity contribution in [3.05, 3.63) is 57.5 Å². The fourth-order valence-corrected chi connectivity index (χ4v) is 3.15. The number of methoxy groups -OCH3 is 1. The van der Waals surface area contributed by atoms with Crippen LogP contribution >= 0.6 is 0 Å². The molecule has 0 spiro atoms. The Labute approximate surface area is 162 Å². The van der Waals surface area contributed by atoms with Gasteiger partial charge in [-0.05, 0) is 24.6 Å². The van der Waals surface area contributed by atoms with Crippen LogP contribution in [0.3, 0.4) is 0 Å². The number of carbonyl (C=O) groups excluding carboxylic acids is 1. The molecule has 0 unspecified atom stereocenters. The van der Waals surface area contributed by atoms with Gasteiger partial charge in [0.1, 0.15) is 5.69 Å². The first kappa shape index (κ1) is 19.6. The number of rotatable bonds is 6. The third kappa shape index (κ3) is 4.74. The minimum absolute atomic E-state index is 0.0197. The number of hydrogen-bond acceptors (Lipinski definition) is 8. The van der Waals surface area contributed by atoms with E-state index in [0.717, 1.165) is 24.5 Å². The second-order valence-corrected chi connectivity index (χ2v) is 6.56. The van der Waals surface area contributed by atoms with E-state index in [-0.39, 0.29) is 5.69 Å². The highest BCUT2D eigenvalue weighted by Gasteiger charge is 2.24. The number of hydrogen-bond donors (Lipinski definition) is 0. The van der Waals surface area contributed by atoms with Gasteiger partial charge < -0.3 is 14.2 Å². The van der Waals surface area contributed by atoms with Crippen LogP contribution in [0.15, 0.2) is 34.9 Å². The summed E-state index contributed by atoms with van der Waals surface area (Å²) in [5.41, 5.74) is 2.02. The predicted molar refractivity (Wildman–Crippen MR) is 103 cm³/mol. The summed E-state index contributed by atoms with van der Waals surface area (Å²) in [5, 5.41) is 15.4. The number of nitrogens with zero attached hydrogens (tertiary/aromatic N) is 4. The highest BCUT2D eigenvalue weighted by Crippen LogP contribution is 2.30. The molecule has 1 aromatic carbocycles. The fraction of sp³-hybridized carbons (Fsp3) is 0.368. The summed E-state index contributed by atoms with van der Waals surface area (Å²) in [5.74, 6) is 0.309. The molecule has 1 aliphatic heterocycles. The van der Waals surface area contributed by atoms with Crippen LogP contribution < -0.4 is 4.90 Å². The molecule has 2 aromatic rings. The Bertz CT molecular complexity index is 884. The van der Waals surface area contributed by atoms with Crippen LogP contribution in [0, 0.1) is 17.0 Å². The summed E-state index contributed by atoms with van der Waals surface area (Å²) >= 11 is 0. The van der Waals surface area contributed by atoms with E-state index >= 15 is 0 Å². The first-order valence-corrected chi connectivity index (χ1v) is 8.90. The first-order valence-electron chi connectivity index (χ1n) is 8.90. The summed E-state index contributed by atoms with van der Waals surface area (Å²) < 4.78 is 9.80. The van der Waals surface area contributed by atoms with Crippen molar-refractivity contribution in [3.8, 4) is 0 Å². The Kier molecular flexibility index (Phi) is 6.05.